The molecule has 0 bridgehead atoms. The van der Waals surface area contributed by atoms with Gasteiger partial charge in [-0.2, -0.15) is 0 Å². The molecule has 3 nitrogen and oxygen atoms in total. The lowest BCUT2D eigenvalue weighted by Gasteiger charge is -2.14. The minimum atomic E-state index is -0.387. The third-order valence-corrected chi connectivity index (χ3v) is 3.08. The van der Waals surface area contributed by atoms with E-state index in [1.54, 1.807) is 6.07 Å². The number of methoxy groups -OCH3 is 1. The summed E-state index contributed by atoms with van der Waals surface area (Å²) >= 11 is 0. The van der Waals surface area contributed by atoms with E-state index < -0.39 is 0 Å². The van der Waals surface area contributed by atoms with Gasteiger partial charge >= 0.3 is 0 Å². The van der Waals surface area contributed by atoms with Crippen molar-refractivity contribution >= 4 is 16.7 Å². The zero-order valence-corrected chi connectivity index (χ0v) is 11.7. The monoisotopic (exact) mass is 262 g/mol. The lowest BCUT2D eigenvalue weighted by molar-refractivity contribution is 0.387. The molecule has 4 heteroatoms. The van der Waals surface area contributed by atoms with Gasteiger partial charge in [-0.3, -0.25) is 0 Å². The van der Waals surface area contributed by atoms with Gasteiger partial charge in [-0.25, -0.2) is 9.37 Å². The summed E-state index contributed by atoms with van der Waals surface area (Å²) < 4.78 is 18.7. The highest BCUT2D eigenvalue weighted by Crippen LogP contribution is 2.30. The number of halogens is 1. The molecule has 0 unspecified atom stereocenters. The van der Waals surface area contributed by atoms with Gasteiger partial charge in [-0.15, -0.1) is 0 Å². The first-order valence-corrected chi connectivity index (χ1v) is 6.48. The Balaban J connectivity index is 2.66. The van der Waals surface area contributed by atoms with E-state index in [-0.39, 0.29) is 11.6 Å². The van der Waals surface area contributed by atoms with Crippen LogP contribution in [-0.2, 0) is 0 Å². The highest BCUT2D eigenvalue weighted by atomic mass is 19.1. The summed E-state index contributed by atoms with van der Waals surface area (Å²) in [5.41, 5.74) is 1.77. The number of pyridine rings is 1. The minimum absolute atomic E-state index is 0.250. The Hall–Kier alpha value is -1.84. The Kier molecular flexibility index (Phi) is 3.88. The quantitative estimate of drug-likeness (QED) is 0.906. The lowest BCUT2D eigenvalue weighted by atomic mass is 10.0. The van der Waals surface area contributed by atoms with E-state index in [9.17, 15) is 4.39 Å². The SMILES string of the molecule is CCNc1nc2cc(F)c(OC)cc2cc1C(C)C. The van der Waals surface area contributed by atoms with Gasteiger partial charge in [-0.05, 0) is 30.5 Å². The fourth-order valence-corrected chi connectivity index (χ4v) is 2.10. The molecule has 1 aromatic heterocycles. The van der Waals surface area contributed by atoms with E-state index >= 15 is 0 Å². The van der Waals surface area contributed by atoms with Gasteiger partial charge in [0.2, 0.25) is 0 Å². The fourth-order valence-electron chi connectivity index (χ4n) is 2.10. The van der Waals surface area contributed by atoms with E-state index in [4.69, 9.17) is 4.74 Å². The number of aromatic nitrogens is 1. The lowest BCUT2D eigenvalue weighted by Crippen LogP contribution is -2.05. The number of rotatable bonds is 4. The summed E-state index contributed by atoms with van der Waals surface area (Å²) in [6.07, 6.45) is 0. The normalized spacial score (nSPS) is 11.1. The van der Waals surface area contributed by atoms with Crippen molar-refractivity contribution in [1.29, 1.82) is 0 Å². The summed E-state index contributed by atoms with van der Waals surface area (Å²) in [5.74, 6) is 1.04. The van der Waals surface area contributed by atoms with Crippen molar-refractivity contribution in [2.24, 2.45) is 0 Å². The number of fused-ring (bicyclic) bond motifs is 1. The Morgan fingerprint density at radius 2 is 2.05 bits per heavy atom. The van der Waals surface area contributed by atoms with Crippen LogP contribution in [0.3, 0.4) is 0 Å². The van der Waals surface area contributed by atoms with Crippen molar-refractivity contribution in [2.45, 2.75) is 26.7 Å². The highest BCUT2D eigenvalue weighted by Gasteiger charge is 2.12. The highest BCUT2D eigenvalue weighted by molar-refractivity contribution is 5.83. The molecule has 0 spiro atoms. The van der Waals surface area contributed by atoms with E-state index in [1.165, 1.54) is 13.2 Å². The molecule has 1 N–H and O–H groups in total. The molecule has 0 saturated carbocycles. The molecule has 0 amide bonds. The van der Waals surface area contributed by atoms with E-state index in [1.807, 2.05) is 13.0 Å². The average molecular weight is 262 g/mol. The summed E-state index contributed by atoms with van der Waals surface area (Å²) in [6.45, 7) is 7.04. The third-order valence-electron chi connectivity index (χ3n) is 3.08. The summed E-state index contributed by atoms with van der Waals surface area (Å²) in [7, 11) is 1.47. The van der Waals surface area contributed by atoms with Crippen molar-refractivity contribution in [2.75, 3.05) is 19.0 Å². The van der Waals surface area contributed by atoms with Crippen LogP contribution in [0.4, 0.5) is 10.2 Å². The molecule has 0 saturated heterocycles. The molecule has 102 valence electrons. The van der Waals surface area contributed by atoms with Crippen molar-refractivity contribution in [1.82, 2.24) is 4.98 Å². The first kappa shape index (κ1) is 13.6. The van der Waals surface area contributed by atoms with Crippen LogP contribution in [0, 0.1) is 5.82 Å². The standard InChI is InChI=1S/C15H19FN2O/c1-5-17-15-11(9(2)3)6-10-7-14(19-4)12(16)8-13(10)18-15/h6-9H,5H2,1-4H3,(H,17,18). The van der Waals surface area contributed by atoms with Crippen LogP contribution in [0.5, 0.6) is 5.75 Å². The molecular weight excluding hydrogens is 243 g/mol. The van der Waals surface area contributed by atoms with Crippen LogP contribution in [0.1, 0.15) is 32.3 Å². The molecule has 0 aliphatic heterocycles. The molecule has 19 heavy (non-hydrogen) atoms. The number of hydrogen-bond donors (Lipinski definition) is 1. The first-order valence-electron chi connectivity index (χ1n) is 6.48. The Morgan fingerprint density at radius 3 is 2.63 bits per heavy atom. The number of nitrogens with one attached hydrogen (secondary N) is 1. The van der Waals surface area contributed by atoms with Gasteiger partial charge in [0.1, 0.15) is 5.82 Å². The molecule has 0 aliphatic rings. The van der Waals surface area contributed by atoms with Crippen LogP contribution in [0.15, 0.2) is 18.2 Å². The van der Waals surface area contributed by atoms with Gasteiger partial charge < -0.3 is 10.1 Å². The topological polar surface area (TPSA) is 34.2 Å². The Bertz CT molecular complexity index is 596. The molecule has 2 rings (SSSR count). The largest absolute Gasteiger partial charge is 0.494 e. The second-order valence-electron chi connectivity index (χ2n) is 4.79. The average Bonchev–Trinajstić information content (AvgIpc) is 2.37. The van der Waals surface area contributed by atoms with Gasteiger partial charge in [0, 0.05) is 18.0 Å². The second kappa shape index (κ2) is 5.43. The van der Waals surface area contributed by atoms with Crippen molar-refractivity contribution in [3.8, 4) is 5.75 Å². The maximum absolute atomic E-state index is 13.7. The maximum Gasteiger partial charge on any atom is 0.167 e. The summed E-state index contributed by atoms with van der Waals surface area (Å²) in [5, 5.41) is 4.13. The fraction of sp³-hybridized carbons (Fsp3) is 0.400. The van der Waals surface area contributed by atoms with Crippen LogP contribution >= 0.6 is 0 Å². The minimum Gasteiger partial charge on any atom is -0.494 e. The zero-order chi connectivity index (χ0) is 14.0. The smallest absolute Gasteiger partial charge is 0.167 e. The number of hydrogen-bond acceptors (Lipinski definition) is 3. The van der Waals surface area contributed by atoms with E-state index in [0.29, 0.717) is 11.4 Å². The number of benzene rings is 1. The Morgan fingerprint density at radius 1 is 1.32 bits per heavy atom. The second-order valence-corrected chi connectivity index (χ2v) is 4.79. The van der Waals surface area contributed by atoms with Gasteiger partial charge in [0.15, 0.2) is 11.6 Å². The van der Waals surface area contributed by atoms with Crippen molar-refractivity contribution in [3.63, 3.8) is 0 Å². The molecule has 0 fully saturated rings. The third kappa shape index (κ3) is 2.62. The Labute approximate surface area is 112 Å². The number of ether oxygens (including phenoxy) is 1. The van der Waals surface area contributed by atoms with Crippen LogP contribution in [-0.4, -0.2) is 18.6 Å². The predicted octanol–water partition coefficient (Wildman–Crippen LogP) is 3.94. The number of anilines is 1. The first-order chi connectivity index (χ1) is 9.06. The maximum atomic E-state index is 13.7. The van der Waals surface area contributed by atoms with Crippen LogP contribution in [0.25, 0.3) is 10.9 Å². The van der Waals surface area contributed by atoms with Crippen molar-refractivity contribution in [3.05, 3.63) is 29.6 Å². The van der Waals surface area contributed by atoms with Crippen LogP contribution < -0.4 is 10.1 Å². The van der Waals surface area contributed by atoms with Crippen LogP contribution in [0.2, 0.25) is 0 Å². The molecular formula is C15H19FN2O. The van der Waals surface area contributed by atoms with Gasteiger partial charge in [0.05, 0.1) is 12.6 Å². The van der Waals surface area contributed by atoms with Crippen molar-refractivity contribution < 1.29 is 9.13 Å². The molecule has 1 heterocycles. The number of nitrogens with zero attached hydrogens (tertiary/aromatic N) is 1. The molecule has 0 radical (unpaired) electrons. The summed E-state index contributed by atoms with van der Waals surface area (Å²) in [4.78, 5) is 4.52. The molecule has 1 aromatic carbocycles. The zero-order valence-electron chi connectivity index (χ0n) is 11.7. The van der Waals surface area contributed by atoms with E-state index in [2.05, 4.69) is 24.1 Å². The van der Waals surface area contributed by atoms with E-state index in [0.717, 1.165) is 23.3 Å². The summed E-state index contributed by atoms with van der Waals surface area (Å²) in [6, 6.07) is 5.16. The predicted molar refractivity (Wildman–Crippen MR) is 76.5 cm³/mol. The molecule has 2 aromatic rings. The molecule has 0 aliphatic carbocycles. The molecule has 0 atom stereocenters. The van der Waals surface area contributed by atoms with Gasteiger partial charge in [-0.1, -0.05) is 13.8 Å². The van der Waals surface area contributed by atoms with Gasteiger partial charge in [0.25, 0.3) is 0 Å².